The van der Waals surface area contributed by atoms with Gasteiger partial charge in [0.2, 0.25) is 0 Å². The van der Waals surface area contributed by atoms with Gasteiger partial charge in [-0.1, -0.05) is 33.8 Å². The van der Waals surface area contributed by atoms with Crippen molar-refractivity contribution < 1.29 is 30.3 Å². The molecule has 3 rings (SSSR count). The largest absolute Gasteiger partial charge is 0.396 e. The Morgan fingerprint density at radius 2 is 1.83 bits per heavy atom. The van der Waals surface area contributed by atoms with Crippen molar-refractivity contribution in [1.82, 2.24) is 0 Å². The third-order valence-corrected chi connectivity index (χ3v) is 10.4. The van der Waals surface area contributed by atoms with Gasteiger partial charge in [-0.15, -0.1) is 6.58 Å². The number of hydrogen-bond donors (Lipinski definition) is 5. The molecule has 0 aromatic heterocycles. The Balaban J connectivity index is 1.92. The van der Waals surface area contributed by atoms with E-state index < -0.39 is 34.2 Å². The van der Waals surface area contributed by atoms with Crippen LogP contribution in [0, 0.1) is 34.5 Å². The molecule has 0 saturated heterocycles. The van der Waals surface area contributed by atoms with Gasteiger partial charge in [-0.2, -0.15) is 0 Å². The van der Waals surface area contributed by atoms with Crippen LogP contribution in [-0.4, -0.2) is 61.3 Å². The molecule has 0 radical (unpaired) electrons. The summed E-state index contributed by atoms with van der Waals surface area (Å²) in [5.74, 6) is -0.640. The fraction of sp³-hybridized carbons (Fsp3) is 0.828. The first-order valence-corrected chi connectivity index (χ1v) is 13.5. The van der Waals surface area contributed by atoms with Crippen LogP contribution in [0.4, 0.5) is 0 Å². The number of Topliss-reactive ketones (excluding diaryl/α,β-unsaturated/α-hetero) is 1. The summed E-state index contributed by atoms with van der Waals surface area (Å²) >= 11 is 0. The van der Waals surface area contributed by atoms with Gasteiger partial charge in [0, 0.05) is 17.9 Å². The number of hydrogen-bond acceptors (Lipinski definition) is 6. The van der Waals surface area contributed by atoms with E-state index in [9.17, 15) is 30.3 Å². The van der Waals surface area contributed by atoms with Crippen LogP contribution in [-0.2, 0) is 4.79 Å². The number of carbonyl (C=O) groups is 1. The molecule has 0 aromatic rings. The number of aliphatic hydroxyl groups excluding tert-OH is 3. The number of ketones is 1. The predicted octanol–water partition coefficient (Wildman–Crippen LogP) is 3.54. The Bertz CT molecular complexity index is 833. The lowest BCUT2D eigenvalue weighted by atomic mass is 9.55. The molecule has 6 heteroatoms. The van der Waals surface area contributed by atoms with Crippen LogP contribution < -0.4 is 0 Å². The lowest BCUT2D eigenvalue weighted by molar-refractivity contribution is -0.139. The molecular weight excluding hydrogens is 444 g/mol. The molecule has 0 heterocycles. The van der Waals surface area contributed by atoms with Crippen molar-refractivity contribution >= 4 is 5.78 Å². The van der Waals surface area contributed by atoms with Crippen molar-refractivity contribution in [2.75, 3.05) is 6.61 Å². The minimum absolute atomic E-state index is 0.0369. The van der Waals surface area contributed by atoms with E-state index in [0.717, 1.165) is 0 Å². The Morgan fingerprint density at radius 3 is 2.40 bits per heavy atom. The summed E-state index contributed by atoms with van der Waals surface area (Å²) in [6.07, 6.45) is 6.08. The lowest BCUT2D eigenvalue weighted by Crippen LogP contribution is -2.52. The van der Waals surface area contributed by atoms with Crippen molar-refractivity contribution in [2.24, 2.45) is 34.5 Å². The van der Waals surface area contributed by atoms with Crippen molar-refractivity contribution in [3.8, 4) is 0 Å². The van der Waals surface area contributed by atoms with Gasteiger partial charge in [0.15, 0.2) is 5.78 Å². The summed E-state index contributed by atoms with van der Waals surface area (Å²) in [5, 5.41) is 53.9. The smallest absolute Gasteiger partial charge is 0.165 e. The van der Waals surface area contributed by atoms with Crippen molar-refractivity contribution in [2.45, 2.75) is 109 Å². The average molecular weight is 493 g/mol. The molecule has 0 spiro atoms. The highest BCUT2D eigenvalue weighted by molar-refractivity contribution is 6.01. The highest BCUT2D eigenvalue weighted by Gasteiger charge is 2.58. The highest BCUT2D eigenvalue weighted by atomic mass is 16.3. The summed E-state index contributed by atoms with van der Waals surface area (Å²) in [4.78, 5) is 13.9. The summed E-state index contributed by atoms with van der Waals surface area (Å²) in [7, 11) is 0. The van der Waals surface area contributed by atoms with Crippen LogP contribution in [0.15, 0.2) is 24.3 Å². The molecule has 0 aromatic carbocycles. The van der Waals surface area contributed by atoms with Gasteiger partial charge in [0.25, 0.3) is 0 Å². The Hall–Kier alpha value is -1.05. The molecule has 2 saturated carbocycles. The van der Waals surface area contributed by atoms with Crippen LogP contribution in [0.1, 0.15) is 86.0 Å². The van der Waals surface area contributed by atoms with Crippen LogP contribution in [0.3, 0.4) is 0 Å². The van der Waals surface area contributed by atoms with Gasteiger partial charge in [-0.05, 0) is 93.1 Å². The molecule has 0 bridgehead atoms. The Kier molecular flexibility index (Phi) is 8.16. The van der Waals surface area contributed by atoms with Crippen LogP contribution in [0.25, 0.3) is 0 Å². The number of fused-ring (bicyclic) bond motifs is 1. The maximum atomic E-state index is 13.9. The Morgan fingerprint density at radius 1 is 1.17 bits per heavy atom. The number of carbonyl (C=O) groups excluding carboxylic acids is 1. The fourth-order valence-corrected chi connectivity index (χ4v) is 7.71. The monoisotopic (exact) mass is 492 g/mol. The van der Waals surface area contributed by atoms with E-state index in [1.807, 2.05) is 27.7 Å². The lowest BCUT2D eigenvalue weighted by Gasteiger charge is -2.50. The maximum Gasteiger partial charge on any atom is 0.165 e. The van der Waals surface area contributed by atoms with E-state index >= 15 is 0 Å². The van der Waals surface area contributed by atoms with Gasteiger partial charge < -0.3 is 25.5 Å². The van der Waals surface area contributed by atoms with Gasteiger partial charge in [0.1, 0.15) is 0 Å². The van der Waals surface area contributed by atoms with Crippen LogP contribution in [0.2, 0.25) is 0 Å². The van der Waals surface area contributed by atoms with Gasteiger partial charge in [0.05, 0.1) is 23.4 Å². The van der Waals surface area contributed by atoms with Gasteiger partial charge in [-0.3, -0.25) is 4.79 Å². The minimum atomic E-state index is -1.11. The molecule has 2 fully saturated rings. The van der Waals surface area contributed by atoms with E-state index in [2.05, 4.69) is 13.5 Å². The summed E-state index contributed by atoms with van der Waals surface area (Å²) in [5.41, 5.74) is -2.80. The molecular formula is C29H48O6. The second-order valence-electron chi connectivity index (χ2n) is 12.8. The third-order valence-electron chi connectivity index (χ3n) is 10.4. The molecule has 9 atom stereocenters. The number of allylic oxidation sites excluding steroid dienone is 1. The molecule has 0 aliphatic heterocycles. The second kappa shape index (κ2) is 10.0. The van der Waals surface area contributed by atoms with E-state index in [1.165, 1.54) is 0 Å². The minimum Gasteiger partial charge on any atom is -0.396 e. The van der Waals surface area contributed by atoms with Crippen molar-refractivity contribution in [1.29, 1.82) is 0 Å². The second-order valence-corrected chi connectivity index (χ2v) is 12.8. The first-order chi connectivity index (χ1) is 16.2. The third kappa shape index (κ3) is 4.94. The van der Waals surface area contributed by atoms with E-state index in [1.54, 1.807) is 12.2 Å². The zero-order chi connectivity index (χ0) is 26.4. The van der Waals surface area contributed by atoms with Crippen LogP contribution in [0.5, 0.6) is 0 Å². The first-order valence-electron chi connectivity index (χ1n) is 13.5. The molecule has 6 nitrogen and oxygen atoms in total. The standard InChI is InChI=1S/C29H48O6/c1-7-29(35,18(2)3)13-12-28(6,34)24-9-8-21(26(24,4)14-15-30)20-17-23(32)22-16-19(31)10-11-27(22,5)25(20)33/h7,17-19,21-24,30-32,34-35H,1,8-16H2,2-6H3. The van der Waals surface area contributed by atoms with E-state index in [0.29, 0.717) is 56.9 Å². The fourth-order valence-electron chi connectivity index (χ4n) is 7.71. The molecule has 200 valence electrons. The normalized spacial score (nSPS) is 41.2. The molecule has 0 amide bonds. The van der Waals surface area contributed by atoms with Gasteiger partial charge >= 0.3 is 0 Å². The highest BCUT2D eigenvalue weighted by Crippen LogP contribution is 2.60. The van der Waals surface area contributed by atoms with Crippen LogP contribution >= 0.6 is 0 Å². The maximum absolute atomic E-state index is 13.9. The number of rotatable bonds is 9. The quantitative estimate of drug-likeness (QED) is 0.314. The zero-order valence-corrected chi connectivity index (χ0v) is 22.3. The molecule has 3 aliphatic rings. The van der Waals surface area contributed by atoms with E-state index in [4.69, 9.17) is 0 Å². The SMILES string of the molecule is C=CC(O)(CCC(C)(O)C1CCC(C2=CC(O)C3CC(O)CCC3(C)C2=O)C1(C)CCO)C(C)C. The summed E-state index contributed by atoms with van der Waals surface area (Å²) in [6, 6.07) is 0. The Labute approximate surface area is 211 Å². The zero-order valence-electron chi connectivity index (χ0n) is 22.3. The molecule has 9 unspecified atom stereocenters. The summed E-state index contributed by atoms with van der Waals surface area (Å²) in [6.45, 7) is 13.4. The van der Waals surface area contributed by atoms with Crippen molar-refractivity contribution in [3.05, 3.63) is 24.3 Å². The molecule has 35 heavy (non-hydrogen) atoms. The van der Waals surface area contributed by atoms with Gasteiger partial charge in [-0.25, -0.2) is 0 Å². The molecule has 5 N–H and O–H groups in total. The topological polar surface area (TPSA) is 118 Å². The number of aliphatic hydroxyl groups is 5. The predicted molar refractivity (Wildman–Crippen MR) is 136 cm³/mol. The van der Waals surface area contributed by atoms with E-state index in [-0.39, 0.29) is 36.1 Å². The first kappa shape index (κ1) is 28.5. The van der Waals surface area contributed by atoms with Crippen molar-refractivity contribution in [3.63, 3.8) is 0 Å². The molecule has 3 aliphatic carbocycles. The summed E-state index contributed by atoms with van der Waals surface area (Å²) < 4.78 is 0. The average Bonchev–Trinajstić information content (AvgIpc) is 3.13.